The van der Waals surface area contributed by atoms with Crippen molar-refractivity contribution in [2.75, 3.05) is 5.32 Å². The van der Waals surface area contributed by atoms with Gasteiger partial charge in [0, 0.05) is 27.5 Å². The van der Waals surface area contributed by atoms with Crippen molar-refractivity contribution in [3.05, 3.63) is 111 Å². The number of rotatable bonds is 5. The number of para-hydroxylation sites is 1. The van der Waals surface area contributed by atoms with E-state index in [9.17, 15) is 20.0 Å². The van der Waals surface area contributed by atoms with E-state index < -0.39 is 46.5 Å². The van der Waals surface area contributed by atoms with Gasteiger partial charge in [-0.2, -0.15) is 0 Å². The molecule has 2 saturated heterocycles. The Morgan fingerprint density at radius 2 is 1.54 bits per heavy atom. The number of aliphatic hydroxyl groups excluding tert-OH is 1. The van der Waals surface area contributed by atoms with Crippen LogP contribution in [0.15, 0.2) is 84.9 Å². The number of fused-ring (bicyclic) bond motifs is 3. The van der Waals surface area contributed by atoms with Crippen LogP contribution in [0.3, 0.4) is 0 Å². The summed E-state index contributed by atoms with van der Waals surface area (Å²) >= 11 is 6.12. The first-order chi connectivity index (χ1) is 16.8. The maximum absolute atomic E-state index is 14.0. The van der Waals surface area contributed by atoms with Gasteiger partial charge in [0.25, 0.3) is 11.9 Å². The summed E-state index contributed by atoms with van der Waals surface area (Å²) in [6, 6.07) is 23.6. The Balaban J connectivity index is 1.71. The third-order valence-electron chi connectivity index (χ3n) is 7.52. The lowest BCUT2D eigenvalue weighted by atomic mass is 9.52. The second kappa shape index (κ2) is 9.07. The van der Waals surface area contributed by atoms with Gasteiger partial charge in [0.2, 0.25) is 5.60 Å². The SMILES string of the molecule is C[C@@H]1[C@H](c2ccc(Cl)cc2)[C@H]2[C@@H](c3ccccc3)[C@H]([N+](=O)[O-])[C@]1(C(=O)Nc1ccccc1)O[C@@H]2O. The number of halogens is 1. The molecule has 0 unspecified atom stereocenters. The number of hydrogen-bond donors (Lipinski definition) is 2. The van der Waals surface area contributed by atoms with Crippen LogP contribution in [0.25, 0.3) is 0 Å². The van der Waals surface area contributed by atoms with Gasteiger partial charge in [-0.05, 0) is 41.3 Å². The minimum atomic E-state index is -1.92. The Bertz CT molecular complexity index is 1220. The monoisotopic (exact) mass is 492 g/mol. The molecule has 1 amide bonds. The van der Waals surface area contributed by atoms with Crippen LogP contribution in [0, 0.1) is 22.0 Å². The molecule has 35 heavy (non-hydrogen) atoms. The topological polar surface area (TPSA) is 102 Å². The number of nitrogens with zero attached hydrogens (tertiary/aromatic N) is 1. The van der Waals surface area contributed by atoms with E-state index in [0.29, 0.717) is 16.3 Å². The van der Waals surface area contributed by atoms with E-state index in [2.05, 4.69) is 5.32 Å². The number of nitrogens with one attached hydrogen (secondary N) is 1. The van der Waals surface area contributed by atoms with Crippen LogP contribution in [0.4, 0.5) is 5.69 Å². The minimum Gasteiger partial charge on any atom is -0.368 e. The Kier molecular flexibility index (Phi) is 6.09. The summed E-state index contributed by atoms with van der Waals surface area (Å²) in [5.74, 6) is -3.05. The zero-order chi connectivity index (χ0) is 24.7. The molecule has 0 aromatic heterocycles. The van der Waals surface area contributed by atoms with Crippen LogP contribution in [0.1, 0.15) is 29.9 Å². The van der Waals surface area contributed by atoms with Crippen LogP contribution >= 0.6 is 11.6 Å². The normalized spacial score (nSPS) is 31.6. The summed E-state index contributed by atoms with van der Waals surface area (Å²) in [6.45, 7) is 1.79. The number of carbonyl (C=O) groups excluding carboxylic acids is 1. The standard InChI is InChI=1S/C27H25ClN2O5/c1-16-21(18-12-14-19(28)15-13-18)23-22(17-8-4-2-5-9-17)24(30(33)34)27(16,35-25(23)31)26(32)29-20-10-6-3-7-11-20/h2-16,21-25,31H,1H3,(H,29,32)/t16-,21-,22-,23+,24+,25+,27-/m1/s1. The molecule has 3 fully saturated rings. The maximum atomic E-state index is 14.0. The molecule has 2 N–H and O–H groups in total. The Morgan fingerprint density at radius 1 is 0.971 bits per heavy atom. The summed E-state index contributed by atoms with van der Waals surface area (Å²) in [5.41, 5.74) is 0.0997. The molecule has 3 aromatic carbocycles. The zero-order valence-electron chi connectivity index (χ0n) is 19.0. The molecule has 0 radical (unpaired) electrons. The van der Waals surface area contributed by atoms with Crippen molar-refractivity contribution in [1.82, 2.24) is 0 Å². The fraction of sp³-hybridized carbons (Fsp3) is 0.296. The van der Waals surface area contributed by atoms with Gasteiger partial charge in [0.05, 0.1) is 5.92 Å². The van der Waals surface area contributed by atoms with Gasteiger partial charge in [-0.3, -0.25) is 14.9 Å². The Morgan fingerprint density at radius 3 is 2.14 bits per heavy atom. The third kappa shape index (κ3) is 3.80. The molecule has 8 heteroatoms. The summed E-state index contributed by atoms with van der Waals surface area (Å²) in [7, 11) is 0. The lowest BCUT2D eigenvalue weighted by Crippen LogP contribution is -2.75. The number of ether oxygens (including phenoxy) is 1. The fourth-order valence-electron chi connectivity index (χ4n) is 6.09. The largest absolute Gasteiger partial charge is 0.368 e. The predicted molar refractivity (Wildman–Crippen MR) is 132 cm³/mol. The molecular formula is C27H25ClN2O5. The summed E-state index contributed by atoms with van der Waals surface area (Å²) in [6.07, 6.45) is -1.38. The quantitative estimate of drug-likeness (QED) is 0.392. The molecule has 3 aromatic rings. The Hall–Kier alpha value is -3.26. The van der Waals surface area contributed by atoms with Crippen molar-refractivity contribution in [2.24, 2.45) is 11.8 Å². The van der Waals surface area contributed by atoms with Crippen molar-refractivity contribution < 1.29 is 19.6 Å². The van der Waals surface area contributed by atoms with Crippen LogP contribution in [-0.4, -0.2) is 33.9 Å². The van der Waals surface area contributed by atoms with Gasteiger partial charge >= 0.3 is 0 Å². The van der Waals surface area contributed by atoms with E-state index in [4.69, 9.17) is 16.3 Å². The smallest absolute Gasteiger partial charge is 0.264 e. The summed E-state index contributed by atoms with van der Waals surface area (Å²) < 4.78 is 6.00. The van der Waals surface area contributed by atoms with Crippen LogP contribution < -0.4 is 5.32 Å². The van der Waals surface area contributed by atoms with E-state index in [1.54, 1.807) is 67.6 Å². The first kappa shape index (κ1) is 23.5. The molecule has 0 spiro atoms. The highest BCUT2D eigenvalue weighted by Crippen LogP contribution is 2.61. The van der Waals surface area contributed by atoms with E-state index in [1.165, 1.54) is 0 Å². The molecule has 6 rings (SSSR count). The van der Waals surface area contributed by atoms with Crippen LogP contribution in [-0.2, 0) is 9.53 Å². The third-order valence-corrected chi connectivity index (χ3v) is 7.77. The molecule has 7 nitrogen and oxygen atoms in total. The van der Waals surface area contributed by atoms with E-state index >= 15 is 0 Å². The first-order valence-corrected chi connectivity index (χ1v) is 11.9. The highest BCUT2D eigenvalue weighted by Gasteiger charge is 2.74. The van der Waals surface area contributed by atoms with Crippen LogP contribution in [0.5, 0.6) is 0 Å². The average Bonchev–Trinajstić information content (AvgIpc) is 2.86. The van der Waals surface area contributed by atoms with Crippen molar-refractivity contribution in [3.8, 4) is 0 Å². The molecule has 1 aliphatic carbocycles. The molecular weight excluding hydrogens is 468 g/mol. The first-order valence-electron chi connectivity index (χ1n) is 11.5. The molecule has 180 valence electrons. The maximum Gasteiger partial charge on any atom is 0.264 e. The van der Waals surface area contributed by atoms with Gasteiger partial charge in [-0.15, -0.1) is 0 Å². The number of benzene rings is 3. The molecule has 7 atom stereocenters. The lowest BCUT2D eigenvalue weighted by molar-refractivity contribution is -0.572. The average molecular weight is 493 g/mol. The molecule has 2 bridgehead atoms. The minimum absolute atomic E-state index is 0.390. The summed E-state index contributed by atoms with van der Waals surface area (Å²) in [5, 5.41) is 27.3. The summed E-state index contributed by atoms with van der Waals surface area (Å²) in [4.78, 5) is 26.2. The molecule has 2 heterocycles. The Labute approximate surface area is 207 Å². The van der Waals surface area contributed by atoms with E-state index in [1.807, 2.05) is 24.3 Å². The van der Waals surface area contributed by atoms with Gasteiger partial charge < -0.3 is 15.2 Å². The van der Waals surface area contributed by atoms with Gasteiger partial charge in [0.1, 0.15) is 0 Å². The zero-order valence-corrected chi connectivity index (χ0v) is 19.7. The number of anilines is 1. The predicted octanol–water partition coefficient (Wildman–Crippen LogP) is 4.84. The number of amides is 1. The van der Waals surface area contributed by atoms with E-state index in [0.717, 1.165) is 5.56 Å². The molecule has 3 aliphatic rings. The number of aliphatic hydroxyl groups is 1. The number of hydrogen-bond acceptors (Lipinski definition) is 5. The number of carbonyl (C=O) groups is 1. The molecule has 2 aliphatic heterocycles. The van der Waals surface area contributed by atoms with Crippen molar-refractivity contribution in [2.45, 2.75) is 36.7 Å². The van der Waals surface area contributed by atoms with Gasteiger partial charge in [-0.1, -0.05) is 79.2 Å². The van der Waals surface area contributed by atoms with Crippen LogP contribution in [0.2, 0.25) is 5.02 Å². The van der Waals surface area contributed by atoms with Gasteiger partial charge in [-0.25, -0.2) is 0 Å². The van der Waals surface area contributed by atoms with Crippen molar-refractivity contribution in [1.29, 1.82) is 0 Å². The highest BCUT2D eigenvalue weighted by molar-refractivity contribution is 6.30. The fourth-order valence-corrected chi connectivity index (χ4v) is 6.21. The van der Waals surface area contributed by atoms with E-state index in [-0.39, 0.29) is 5.92 Å². The van der Waals surface area contributed by atoms with Crippen molar-refractivity contribution >= 4 is 23.2 Å². The second-order valence-electron chi connectivity index (χ2n) is 9.23. The molecule has 1 saturated carbocycles. The number of nitro groups is 1. The van der Waals surface area contributed by atoms with Gasteiger partial charge in [0.15, 0.2) is 6.29 Å². The highest BCUT2D eigenvalue weighted by atomic mass is 35.5. The van der Waals surface area contributed by atoms with Crippen molar-refractivity contribution in [3.63, 3.8) is 0 Å². The second-order valence-corrected chi connectivity index (χ2v) is 9.67. The lowest BCUT2D eigenvalue weighted by Gasteiger charge is -2.59.